The van der Waals surface area contributed by atoms with E-state index in [0.717, 1.165) is 0 Å². The summed E-state index contributed by atoms with van der Waals surface area (Å²) in [7, 11) is 0. The molecule has 22 heavy (non-hydrogen) atoms. The van der Waals surface area contributed by atoms with Crippen LogP contribution in [0.5, 0.6) is 0 Å². The van der Waals surface area contributed by atoms with Crippen molar-refractivity contribution in [2.45, 2.75) is 57.8 Å². The van der Waals surface area contributed by atoms with E-state index >= 15 is 0 Å². The van der Waals surface area contributed by atoms with Crippen LogP contribution in [0.4, 0.5) is 0 Å². The Morgan fingerprint density at radius 3 is 2.32 bits per heavy atom. The molecule has 0 aliphatic carbocycles. The van der Waals surface area contributed by atoms with E-state index < -0.39 is 42.0 Å². The Bertz CT molecular complexity index is 438. The molecule has 0 aromatic heterocycles. The molecule has 4 unspecified atom stereocenters. The number of hydrogen-bond acceptors (Lipinski definition) is 5. The molecule has 8 heteroatoms. The molecular weight excluding hydrogens is 290 g/mol. The van der Waals surface area contributed by atoms with Gasteiger partial charge in [-0.05, 0) is 25.7 Å². The Kier molecular flexibility index (Phi) is 6.31. The highest BCUT2D eigenvalue weighted by Crippen LogP contribution is 2.19. The average molecular weight is 315 g/mol. The molecule has 1 aliphatic rings. The minimum Gasteiger partial charge on any atom is -0.480 e. The molecule has 0 aromatic carbocycles. The Morgan fingerprint density at radius 1 is 1.27 bits per heavy atom. The molecule has 0 aromatic rings. The SMILES string of the molecule is CC(C)C(NC(=O)C1CCCN1C(=O)C(N)C(C)O)C(=O)O. The van der Waals surface area contributed by atoms with Gasteiger partial charge >= 0.3 is 5.97 Å². The standard InChI is InChI=1S/C14H25N3O5/c1-7(2)11(14(21)22)16-12(19)9-5-4-6-17(9)13(20)10(15)8(3)18/h7-11,18H,4-6,15H2,1-3H3,(H,16,19)(H,21,22). The summed E-state index contributed by atoms with van der Waals surface area (Å²) >= 11 is 0. The topological polar surface area (TPSA) is 133 Å². The first-order chi connectivity index (χ1) is 10.2. The predicted molar refractivity (Wildman–Crippen MR) is 78.8 cm³/mol. The number of aliphatic hydroxyl groups is 1. The van der Waals surface area contributed by atoms with Crippen LogP contribution in [0.15, 0.2) is 0 Å². The monoisotopic (exact) mass is 315 g/mol. The molecule has 0 spiro atoms. The number of amides is 2. The summed E-state index contributed by atoms with van der Waals surface area (Å²) < 4.78 is 0. The summed E-state index contributed by atoms with van der Waals surface area (Å²) in [5.41, 5.74) is 5.63. The van der Waals surface area contributed by atoms with Crippen molar-refractivity contribution in [2.24, 2.45) is 11.7 Å². The van der Waals surface area contributed by atoms with E-state index in [1.165, 1.54) is 11.8 Å². The van der Waals surface area contributed by atoms with Crippen molar-refractivity contribution in [3.8, 4) is 0 Å². The maximum atomic E-state index is 12.3. The number of aliphatic carboxylic acids is 1. The van der Waals surface area contributed by atoms with Crippen LogP contribution in [0, 0.1) is 5.92 Å². The van der Waals surface area contributed by atoms with E-state index in [4.69, 9.17) is 10.8 Å². The minimum absolute atomic E-state index is 0.272. The minimum atomic E-state index is -1.11. The van der Waals surface area contributed by atoms with Gasteiger partial charge < -0.3 is 26.2 Å². The van der Waals surface area contributed by atoms with Crippen LogP contribution in [0.2, 0.25) is 0 Å². The molecule has 8 nitrogen and oxygen atoms in total. The van der Waals surface area contributed by atoms with Gasteiger partial charge in [-0.1, -0.05) is 13.8 Å². The molecule has 2 amide bonds. The Balaban J connectivity index is 2.79. The number of carboxylic acid groups (broad SMARTS) is 1. The number of carboxylic acids is 1. The van der Waals surface area contributed by atoms with E-state index in [1.54, 1.807) is 13.8 Å². The number of hydrogen-bond donors (Lipinski definition) is 4. The summed E-state index contributed by atoms with van der Waals surface area (Å²) in [6.07, 6.45) is 0.0730. The third-order valence-corrected chi connectivity index (χ3v) is 3.87. The number of likely N-dealkylation sites (tertiary alicyclic amines) is 1. The zero-order chi connectivity index (χ0) is 17.0. The highest BCUT2D eigenvalue weighted by atomic mass is 16.4. The molecule has 126 valence electrons. The molecule has 1 aliphatic heterocycles. The van der Waals surface area contributed by atoms with E-state index in [2.05, 4.69) is 5.32 Å². The third kappa shape index (κ3) is 4.17. The fourth-order valence-electron chi connectivity index (χ4n) is 2.46. The van der Waals surface area contributed by atoms with Crippen molar-refractivity contribution in [1.29, 1.82) is 0 Å². The van der Waals surface area contributed by atoms with Crippen LogP contribution in [-0.4, -0.2) is 63.7 Å². The average Bonchev–Trinajstić information content (AvgIpc) is 2.91. The molecule has 1 rings (SSSR count). The van der Waals surface area contributed by atoms with Crippen LogP contribution in [0.3, 0.4) is 0 Å². The van der Waals surface area contributed by atoms with Crippen LogP contribution in [0.25, 0.3) is 0 Å². The largest absolute Gasteiger partial charge is 0.480 e. The van der Waals surface area contributed by atoms with Crippen molar-refractivity contribution in [2.75, 3.05) is 6.54 Å². The molecule has 0 radical (unpaired) electrons. The Hall–Kier alpha value is -1.67. The molecule has 1 heterocycles. The van der Waals surface area contributed by atoms with Gasteiger partial charge in [-0.25, -0.2) is 4.79 Å². The van der Waals surface area contributed by atoms with Crippen molar-refractivity contribution < 1.29 is 24.6 Å². The molecule has 0 saturated carbocycles. The highest BCUT2D eigenvalue weighted by molar-refractivity contribution is 5.92. The lowest BCUT2D eigenvalue weighted by molar-refractivity contribution is -0.145. The second-order valence-corrected chi connectivity index (χ2v) is 6.02. The summed E-state index contributed by atoms with van der Waals surface area (Å²) in [5, 5.41) is 21.0. The highest BCUT2D eigenvalue weighted by Gasteiger charge is 2.38. The lowest BCUT2D eigenvalue weighted by Gasteiger charge is -2.29. The van der Waals surface area contributed by atoms with E-state index in [-0.39, 0.29) is 5.92 Å². The van der Waals surface area contributed by atoms with Gasteiger partial charge in [0.1, 0.15) is 18.1 Å². The number of carbonyl (C=O) groups excluding carboxylic acids is 2. The van der Waals surface area contributed by atoms with Gasteiger partial charge in [0.25, 0.3) is 0 Å². The molecular formula is C14H25N3O5. The number of aliphatic hydroxyl groups excluding tert-OH is 1. The molecule has 0 bridgehead atoms. The number of nitrogens with two attached hydrogens (primary N) is 1. The Morgan fingerprint density at radius 2 is 1.86 bits per heavy atom. The van der Waals surface area contributed by atoms with Crippen LogP contribution in [0.1, 0.15) is 33.6 Å². The summed E-state index contributed by atoms with van der Waals surface area (Å²) in [5.74, 6) is -2.37. The van der Waals surface area contributed by atoms with Crippen molar-refractivity contribution >= 4 is 17.8 Å². The zero-order valence-electron chi connectivity index (χ0n) is 13.2. The Labute approximate surface area is 129 Å². The second kappa shape index (κ2) is 7.55. The first-order valence-electron chi connectivity index (χ1n) is 7.44. The quantitative estimate of drug-likeness (QED) is 0.492. The fraction of sp³-hybridized carbons (Fsp3) is 0.786. The number of nitrogens with zero attached hydrogens (tertiary/aromatic N) is 1. The van der Waals surface area contributed by atoms with Crippen LogP contribution < -0.4 is 11.1 Å². The van der Waals surface area contributed by atoms with Crippen molar-refractivity contribution in [1.82, 2.24) is 10.2 Å². The smallest absolute Gasteiger partial charge is 0.326 e. The van der Waals surface area contributed by atoms with Crippen molar-refractivity contribution in [3.63, 3.8) is 0 Å². The van der Waals surface area contributed by atoms with Crippen LogP contribution in [-0.2, 0) is 14.4 Å². The van der Waals surface area contributed by atoms with Gasteiger partial charge in [0.15, 0.2) is 0 Å². The van der Waals surface area contributed by atoms with E-state index in [9.17, 15) is 19.5 Å². The van der Waals surface area contributed by atoms with Crippen LogP contribution >= 0.6 is 0 Å². The van der Waals surface area contributed by atoms with E-state index in [0.29, 0.717) is 19.4 Å². The lowest BCUT2D eigenvalue weighted by atomic mass is 10.0. The maximum absolute atomic E-state index is 12.3. The molecule has 5 N–H and O–H groups in total. The molecule has 1 fully saturated rings. The number of rotatable bonds is 6. The molecule has 1 saturated heterocycles. The zero-order valence-corrected chi connectivity index (χ0v) is 13.2. The second-order valence-electron chi connectivity index (χ2n) is 6.02. The summed E-state index contributed by atoms with van der Waals surface area (Å²) in [6.45, 7) is 5.17. The molecule has 4 atom stereocenters. The maximum Gasteiger partial charge on any atom is 0.326 e. The van der Waals surface area contributed by atoms with Crippen molar-refractivity contribution in [3.05, 3.63) is 0 Å². The van der Waals surface area contributed by atoms with Gasteiger partial charge in [-0.3, -0.25) is 9.59 Å². The predicted octanol–water partition coefficient (Wildman–Crippen LogP) is -1.09. The van der Waals surface area contributed by atoms with E-state index in [1.807, 2.05) is 0 Å². The van der Waals surface area contributed by atoms with Gasteiger partial charge in [0, 0.05) is 6.54 Å². The number of carbonyl (C=O) groups is 3. The first kappa shape index (κ1) is 18.4. The number of nitrogens with one attached hydrogen (secondary N) is 1. The van der Waals surface area contributed by atoms with Gasteiger partial charge in [-0.15, -0.1) is 0 Å². The third-order valence-electron chi connectivity index (χ3n) is 3.87. The van der Waals surface area contributed by atoms with Gasteiger partial charge in [0.2, 0.25) is 11.8 Å². The summed E-state index contributed by atoms with van der Waals surface area (Å²) in [4.78, 5) is 37.0. The fourth-order valence-corrected chi connectivity index (χ4v) is 2.46. The first-order valence-corrected chi connectivity index (χ1v) is 7.44. The van der Waals surface area contributed by atoms with Gasteiger partial charge in [-0.2, -0.15) is 0 Å². The normalized spacial score (nSPS) is 22.3. The van der Waals surface area contributed by atoms with Gasteiger partial charge in [0.05, 0.1) is 6.10 Å². The lowest BCUT2D eigenvalue weighted by Crippen LogP contribution is -2.56. The summed E-state index contributed by atoms with van der Waals surface area (Å²) in [6, 6.07) is -2.83.